The number of carbonyl (C=O) groups is 1. The molecule has 3 nitrogen and oxygen atoms in total. The molecule has 92 valence electrons. The van der Waals surface area contributed by atoms with Crippen LogP contribution in [0.2, 0.25) is 5.02 Å². The number of nitrogen functional groups attached to an aromatic ring is 1. The van der Waals surface area contributed by atoms with E-state index in [9.17, 15) is 4.79 Å². The van der Waals surface area contributed by atoms with Gasteiger partial charge in [0.15, 0.2) is 0 Å². The number of hydrogen-bond donors (Lipinski definition) is 1. The Balaban J connectivity index is 2.13. The van der Waals surface area contributed by atoms with E-state index in [0.29, 0.717) is 22.2 Å². The molecule has 0 saturated heterocycles. The fourth-order valence-electron chi connectivity index (χ4n) is 2.05. The van der Waals surface area contributed by atoms with Crippen LogP contribution in [0.3, 0.4) is 0 Å². The standard InChI is InChI=1S/C13H17ClN2O/c1-8-6-9(8)7-16(2)13(17)12-10(14)4-3-5-11(12)15/h3-5,8-9H,6-7,15H2,1-2H3. The van der Waals surface area contributed by atoms with Crippen molar-refractivity contribution in [2.45, 2.75) is 13.3 Å². The summed E-state index contributed by atoms with van der Waals surface area (Å²) in [7, 11) is 1.80. The molecule has 2 unspecified atom stereocenters. The van der Waals surface area contributed by atoms with Gasteiger partial charge < -0.3 is 10.6 Å². The number of carbonyl (C=O) groups excluding carboxylic acids is 1. The Hall–Kier alpha value is -1.22. The van der Waals surface area contributed by atoms with Crippen molar-refractivity contribution in [3.63, 3.8) is 0 Å². The first-order valence-corrected chi connectivity index (χ1v) is 6.18. The molecule has 1 aromatic carbocycles. The van der Waals surface area contributed by atoms with Gasteiger partial charge in [0.25, 0.3) is 5.91 Å². The molecule has 0 radical (unpaired) electrons. The van der Waals surface area contributed by atoms with Crippen LogP contribution in [0.5, 0.6) is 0 Å². The van der Waals surface area contributed by atoms with Gasteiger partial charge in [-0.25, -0.2) is 0 Å². The van der Waals surface area contributed by atoms with E-state index in [1.165, 1.54) is 6.42 Å². The lowest BCUT2D eigenvalue weighted by Crippen LogP contribution is -2.30. The Bertz CT molecular complexity index is 427. The molecule has 0 aromatic heterocycles. The van der Waals surface area contributed by atoms with E-state index in [0.717, 1.165) is 12.5 Å². The second-order valence-electron chi connectivity index (χ2n) is 4.86. The van der Waals surface area contributed by atoms with Gasteiger partial charge in [0, 0.05) is 19.3 Å². The lowest BCUT2D eigenvalue weighted by Gasteiger charge is -2.18. The predicted molar refractivity (Wildman–Crippen MR) is 70.1 cm³/mol. The summed E-state index contributed by atoms with van der Waals surface area (Å²) >= 11 is 6.02. The van der Waals surface area contributed by atoms with E-state index >= 15 is 0 Å². The first kappa shape index (κ1) is 12.2. The van der Waals surface area contributed by atoms with E-state index < -0.39 is 0 Å². The maximum atomic E-state index is 12.2. The third-order valence-corrected chi connectivity index (χ3v) is 3.71. The number of hydrogen-bond acceptors (Lipinski definition) is 2. The normalized spacial score (nSPS) is 22.3. The minimum atomic E-state index is -0.0906. The molecule has 2 atom stereocenters. The van der Waals surface area contributed by atoms with Gasteiger partial charge in [-0.2, -0.15) is 0 Å². The summed E-state index contributed by atoms with van der Waals surface area (Å²) in [6.45, 7) is 2.98. The molecule has 1 amide bonds. The zero-order valence-corrected chi connectivity index (χ0v) is 10.9. The fraction of sp³-hybridized carbons (Fsp3) is 0.462. The molecule has 1 fully saturated rings. The maximum absolute atomic E-state index is 12.2. The van der Waals surface area contributed by atoms with Crippen LogP contribution < -0.4 is 5.73 Å². The van der Waals surface area contributed by atoms with Crippen LogP contribution in [0.15, 0.2) is 18.2 Å². The molecular formula is C13H17ClN2O. The lowest BCUT2D eigenvalue weighted by molar-refractivity contribution is 0.0788. The Morgan fingerprint density at radius 1 is 1.59 bits per heavy atom. The Morgan fingerprint density at radius 3 is 2.76 bits per heavy atom. The molecule has 1 aliphatic carbocycles. The molecule has 0 aliphatic heterocycles. The molecule has 1 aliphatic rings. The predicted octanol–water partition coefficient (Wildman–Crippen LogP) is 2.65. The maximum Gasteiger partial charge on any atom is 0.257 e. The summed E-state index contributed by atoms with van der Waals surface area (Å²) in [5.41, 5.74) is 6.67. The number of halogens is 1. The van der Waals surface area contributed by atoms with Gasteiger partial charge in [-0.05, 0) is 30.4 Å². The highest BCUT2D eigenvalue weighted by atomic mass is 35.5. The van der Waals surface area contributed by atoms with Crippen molar-refractivity contribution in [3.05, 3.63) is 28.8 Å². The Kier molecular flexibility index (Phi) is 3.29. The molecule has 4 heteroatoms. The van der Waals surface area contributed by atoms with Gasteiger partial charge in [0.1, 0.15) is 0 Å². The van der Waals surface area contributed by atoms with Crippen LogP contribution in [0.25, 0.3) is 0 Å². The number of nitrogens with two attached hydrogens (primary N) is 1. The van der Waals surface area contributed by atoms with Crippen LogP contribution in [0.1, 0.15) is 23.7 Å². The SMILES string of the molecule is CC1CC1CN(C)C(=O)c1c(N)cccc1Cl. The van der Waals surface area contributed by atoms with E-state index in [4.69, 9.17) is 17.3 Å². The average Bonchev–Trinajstić information content (AvgIpc) is 2.93. The molecule has 0 bridgehead atoms. The van der Waals surface area contributed by atoms with Gasteiger partial charge in [-0.15, -0.1) is 0 Å². The minimum absolute atomic E-state index is 0.0906. The Morgan fingerprint density at radius 2 is 2.24 bits per heavy atom. The van der Waals surface area contributed by atoms with Crippen LogP contribution in [0.4, 0.5) is 5.69 Å². The highest BCUT2D eigenvalue weighted by molar-refractivity contribution is 6.34. The first-order valence-electron chi connectivity index (χ1n) is 5.80. The molecule has 2 N–H and O–H groups in total. The number of nitrogens with zero attached hydrogens (tertiary/aromatic N) is 1. The molecule has 2 rings (SSSR count). The highest BCUT2D eigenvalue weighted by Gasteiger charge is 2.34. The van der Waals surface area contributed by atoms with Gasteiger partial charge >= 0.3 is 0 Å². The van der Waals surface area contributed by atoms with Crippen LogP contribution >= 0.6 is 11.6 Å². The van der Waals surface area contributed by atoms with E-state index in [-0.39, 0.29) is 5.91 Å². The van der Waals surface area contributed by atoms with Gasteiger partial charge in [0.2, 0.25) is 0 Å². The summed E-state index contributed by atoms with van der Waals surface area (Å²) in [6, 6.07) is 5.14. The quantitative estimate of drug-likeness (QED) is 0.841. The number of rotatable bonds is 3. The van der Waals surface area contributed by atoms with Gasteiger partial charge in [-0.3, -0.25) is 4.79 Å². The second-order valence-corrected chi connectivity index (χ2v) is 5.27. The van der Waals surface area contributed by atoms with Gasteiger partial charge in [-0.1, -0.05) is 24.6 Å². The zero-order chi connectivity index (χ0) is 12.6. The van der Waals surface area contributed by atoms with Crippen molar-refractivity contribution >= 4 is 23.2 Å². The summed E-state index contributed by atoms with van der Waals surface area (Å²) in [5.74, 6) is 1.27. The van der Waals surface area contributed by atoms with E-state index in [1.54, 1.807) is 30.1 Å². The highest BCUT2D eigenvalue weighted by Crippen LogP contribution is 2.38. The third kappa shape index (κ3) is 2.55. The molecule has 1 aromatic rings. The zero-order valence-electron chi connectivity index (χ0n) is 10.1. The molecule has 17 heavy (non-hydrogen) atoms. The summed E-state index contributed by atoms with van der Waals surface area (Å²) in [4.78, 5) is 13.9. The topological polar surface area (TPSA) is 46.3 Å². The van der Waals surface area contributed by atoms with Crippen molar-refractivity contribution in [1.29, 1.82) is 0 Å². The monoisotopic (exact) mass is 252 g/mol. The van der Waals surface area contributed by atoms with E-state index in [2.05, 4.69) is 6.92 Å². The second kappa shape index (κ2) is 4.57. The molecule has 1 saturated carbocycles. The number of anilines is 1. The van der Waals surface area contributed by atoms with Crippen molar-refractivity contribution in [2.75, 3.05) is 19.3 Å². The molecule has 0 heterocycles. The first-order chi connectivity index (χ1) is 8.00. The average molecular weight is 253 g/mol. The largest absolute Gasteiger partial charge is 0.398 e. The summed E-state index contributed by atoms with van der Waals surface area (Å²) < 4.78 is 0. The molecular weight excluding hydrogens is 236 g/mol. The van der Waals surface area contributed by atoms with Crippen LogP contribution in [-0.4, -0.2) is 24.4 Å². The lowest BCUT2D eigenvalue weighted by atomic mass is 10.1. The smallest absolute Gasteiger partial charge is 0.257 e. The van der Waals surface area contributed by atoms with Crippen LogP contribution in [0, 0.1) is 11.8 Å². The Labute approximate surface area is 107 Å². The number of benzene rings is 1. The van der Waals surface area contributed by atoms with Crippen molar-refractivity contribution in [2.24, 2.45) is 11.8 Å². The van der Waals surface area contributed by atoms with Gasteiger partial charge in [0.05, 0.1) is 10.6 Å². The third-order valence-electron chi connectivity index (χ3n) is 3.39. The van der Waals surface area contributed by atoms with Crippen molar-refractivity contribution in [1.82, 2.24) is 4.90 Å². The minimum Gasteiger partial charge on any atom is -0.398 e. The molecule has 0 spiro atoms. The van der Waals surface area contributed by atoms with E-state index in [1.807, 2.05) is 0 Å². The number of amides is 1. The summed E-state index contributed by atoms with van der Waals surface area (Å²) in [6.07, 6.45) is 1.20. The van der Waals surface area contributed by atoms with Crippen LogP contribution in [-0.2, 0) is 0 Å². The summed E-state index contributed by atoms with van der Waals surface area (Å²) in [5, 5.41) is 0.422. The van der Waals surface area contributed by atoms with Crippen molar-refractivity contribution in [3.8, 4) is 0 Å². The fourth-order valence-corrected chi connectivity index (χ4v) is 2.31. The van der Waals surface area contributed by atoms with Crippen molar-refractivity contribution < 1.29 is 4.79 Å².